The second-order valence-corrected chi connectivity index (χ2v) is 7.62. The number of allylic oxidation sites excluding steroid dienone is 3. The van der Waals surface area contributed by atoms with Crippen LogP contribution in [0.1, 0.15) is 31.7 Å². The van der Waals surface area contributed by atoms with E-state index in [0.717, 1.165) is 27.7 Å². The quantitative estimate of drug-likeness (QED) is 0.266. The Labute approximate surface area is 191 Å². The average Bonchev–Trinajstić information content (AvgIpc) is 3.28. The molecule has 0 saturated heterocycles. The number of hydrogen-bond donors (Lipinski definition) is 3. The van der Waals surface area contributed by atoms with E-state index in [1.165, 1.54) is 0 Å². The fraction of sp³-hybridized carbons (Fsp3) is 0.115. The van der Waals surface area contributed by atoms with Gasteiger partial charge in [0.2, 0.25) is 5.91 Å². The van der Waals surface area contributed by atoms with E-state index in [0.29, 0.717) is 29.1 Å². The lowest BCUT2D eigenvalue weighted by atomic mass is 10.0. The molecule has 0 aliphatic carbocycles. The van der Waals surface area contributed by atoms with Crippen LogP contribution >= 0.6 is 0 Å². The lowest BCUT2D eigenvalue weighted by molar-refractivity contribution is -0.115. The molecule has 0 aliphatic heterocycles. The highest BCUT2D eigenvalue weighted by molar-refractivity contribution is 6.11. The van der Waals surface area contributed by atoms with Gasteiger partial charge in [0.05, 0.1) is 28.6 Å². The molecule has 1 amide bonds. The van der Waals surface area contributed by atoms with E-state index in [4.69, 9.17) is 10.4 Å². The summed E-state index contributed by atoms with van der Waals surface area (Å²) >= 11 is 0. The van der Waals surface area contributed by atoms with Gasteiger partial charge in [-0.15, -0.1) is 0 Å². The van der Waals surface area contributed by atoms with Crippen molar-refractivity contribution in [3.63, 3.8) is 0 Å². The zero-order valence-electron chi connectivity index (χ0n) is 18.5. The molecule has 33 heavy (non-hydrogen) atoms. The zero-order chi connectivity index (χ0) is 23.4. The minimum atomic E-state index is -0.0800. The molecule has 164 valence electrons. The number of nitrogens with one attached hydrogen (secondary N) is 3. The molecule has 0 saturated carbocycles. The number of amides is 1. The predicted octanol–water partition coefficient (Wildman–Crippen LogP) is 5.40. The first-order chi connectivity index (χ1) is 16.0. The summed E-state index contributed by atoms with van der Waals surface area (Å²) in [5.74, 6) is 0.397. The number of carbonyl (C=O) groups is 1. The molecular weight excluding hydrogens is 412 g/mol. The van der Waals surface area contributed by atoms with Gasteiger partial charge in [-0.25, -0.2) is 4.98 Å². The molecule has 0 aliphatic rings. The number of imidazole rings is 1. The zero-order valence-corrected chi connectivity index (χ0v) is 18.5. The molecule has 1 aromatic carbocycles. The molecule has 3 heterocycles. The van der Waals surface area contributed by atoms with E-state index in [2.05, 4.69) is 26.8 Å². The summed E-state index contributed by atoms with van der Waals surface area (Å²) in [6, 6.07) is 11.6. The number of anilines is 1. The topological polar surface area (TPSA) is 107 Å². The maximum absolute atomic E-state index is 11.7. The van der Waals surface area contributed by atoms with Crippen molar-refractivity contribution in [2.45, 2.75) is 20.3 Å². The molecule has 0 unspecified atom stereocenters. The Bertz CT molecular complexity index is 1380. The first-order valence-electron chi connectivity index (χ1n) is 10.6. The Morgan fingerprint density at radius 1 is 1.18 bits per heavy atom. The van der Waals surface area contributed by atoms with Gasteiger partial charge in [0.15, 0.2) is 5.82 Å². The van der Waals surface area contributed by atoms with E-state index in [-0.39, 0.29) is 11.6 Å². The monoisotopic (exact) mass is 436 g/mol. The second kappa shape index (κ2) is 9.40. The highest BCUT2D eigenvalue weighted by atomic mass is 16.1. The van der Waals surface area contributed by atoms with Crippen LogP contribution in [-0.4, -0.2) is 31.6 Å². The number of benzene rings is 1. The minimum Gasteiger partial charge on any atom is -0.337 e. The van der Waals surface area contributed by atoms with Gasteiger partial charge in [-0.05, 0) is 42.3 Å². The van der Waals surface area contributed by atoms with E-state index < -0.39 is 0 Å². The number of hydrogen-bond acceptors (Lipinski definition) is 5. The van der Waals surface area contributed by atoms with Gasteiger partial charge in [0.1, 0.15) is 0 Å². The molecule has 3 N–H and O–H groups in total. The average molecular weight is 437 g/mol. The molecule has 0 spiro atoms. The molecule has 0 fully saturated rings. The highest BCUT2D eigenvalue weighted by Crippen LogP contribution is 2.27. The van der Waals surface area contributed by atoms with Crippen LogP contribution in [0.25, 0.3) is 27.7 Å². The van der Waals surface area contributed by atoms with Gasteiger partial charge in [-0.2, -0.15) is 0 Å². The summed E-state index contributed by atoms with van der Waals surface area (Å²) < 4.78 is 0. The molecule has 0 radical (unpaired) electrons. The second-order valence-electron chi connectivity index (χ2n) is 7.62. The third kappa shape index (κ3) is 4.77. The maximum Gasteiger partial charge on any atom is 0.224 e. The number of carbonyl (C=O) groups excluding carboxylic acids is 1. The van der Waals surface area contributed by atoms with Crippen molar-refractivity contribution in [3.8, 4) is 11.1 Å². The Balaban J connectivity index is 1.60. The van der Waals surface area contributed by atoms with Gasteiger partial charge in [0, 0.05) is 41.7 Å². The van der Waals surface area contributed by atoms with E-state index >= 15 is 0 Å². The number of aromatic nitrogens is 4. The van der Waals surface area contributed by atoms with Crippen LogP contribution in [0.3, 0.4) is 0 Å². The standard InChI is InChI=1S/C26H24N6O/c1-4-23(33)30-20-12-19(14-29-15-20)16(2)11-17(3)24(27)26-31-22-9-5-8-21(25(22)32-26)18-7-6-10-28-13-18/h5-15,27H,2,4H2,1,3H3,(H,30,33)(H,31,32)/b17-11+,27-24?. The summed E-state index contributed by atoms with van der Waals surface area (Å²) in [6.07, 6.45) is 9.02. The maximum atomic E-state index is 11.7. The molecule has 0 bridgehead atoms. The summed E-state index contributed by atoms with van der Waals surface area (Å²) in [5, 5.41) is 11.5. The number of fused-ring (bicyclic) bond motifs is 1. The Morgan fingerprint density at radius 2 is 2.03 bits per heavy atom. The molecule has 7 heteroatoms. The molecular formula is C26H24N6O. The van der Waals surface area contributed by atoms with Crippen LogP contribution < -0.4 is 5.32 Å². The Hall–Kier alpha value is -4.39. The summed E-state index contributed by atoms with van der Waals surface area (Å²) in [4.78, 5) is 28.0. The number of rotatable bonds is 7. The van der Waals surface area contributed by atoms with Crippen molar-refractivity contribution >= 4 is 33.9 Å². The highest BCUT2D eigenvalue weighted by Gasteiger charge is 2.14. The van der Waals surface area contributed by atoms with Crippen molar-refractivity contribution in [3.05, 3.63) is 90.8 Å². The minimum absolute atomic E-state index is 0.0800. The van der Waals surface area contributed by atoms with E-state index in [1.807, 2.05) is 49.4 Å². The molecule has 7 nitrogen and oxygen atoms in total. The smallest absolute Gasteiger partial charge is 0.224 e. The van der Waals surface area contributed by atoms with Gasteiger partial charge >= 0.3 is 0 Å². The van der Waals surface area contributed by atoms with Crippen molar-refractivity contribution < 1.29 is 4.79 Å². The molecule has 0 atom stereocenters. The van der Waals surface area contributed by atoms with Crippen LogP contribution in [0.15, 0.2) is 79.4 Å². The Kier molecular flexibility index (Phi) is 6.22. The summed E-state index contributed by atoms with van der Waals surface area (Å²) in [7, 11) is 0. The van der Waals surface area contributed by atoms with Crippen LogP contribution in [0.2, 0.25) is 0 Å². The Morgan fingerprint density at radius 3 is 2.79 bits per heavy atom. The van der Waals surface area contributed by atoms with Gasteiger partial charge in [-0.3, -0.25) is 20.2 Å². The first-order valence-corrected chi connectivity index (χ1v) is 10.6. The van der Waals surface area contributed by atoms with Crippen LogP contribution in [0.5, 0.6) is 0 Å². The third-order valence-electron chi connectivity index (χ3n) is 5.22. The van der Waals surface area contributed by atoms with Crippen molar-refractivity contribution in [1.82, 2.24) is 19.9 Å². The van der Waals surface area contributed by atoms with Crippen molar-refractivity contribution in [2.75, 3.05) is 5.32 Å². The van der Waals surface area contributed by atoms with Crippen LogP contribution in [0.4, 0.5) is 5.69 Å². The number of para-hydroxylation sites is 1. The largest absolute Gasteiger partial charge is 0.337 e. The van der Waals surface area contributed by atoms with E-state index in [9.17, 15) is 4.79 Å². The van der Waals surface area contributed by atoms with Crippen LogP contribution in [-0.2, 0) is 4.79 Å². The van der Waals surface area contributed by atoms with Gasteiger partial charge < -0.3 is 10.3 Å². The summed E-state index contributed by atoms with van der Waals surface area (Å²) in [6.45, 7) is 7.75. The number of nitrogens with zero attached hydrogens (tertiary/aromatic N) is 3. The molecule has 4 aromatic rings. The summed E-state index contributed by atoms with van der Waals surface area (Å²) in [5.41, 5.74) is 6.60. The van der Waals surface area contributed by atoms with Crippen molar-refractivity contribution in [2.24, 2.45) is 0 Å². The number of H-pyrrole nitrogens is 1. The predicted molar refractivity (Wildman–Crippen MR) is 132 cm³/mol. The van der Waals surface area contributed by atoms with E-state index in [1.54, 1.807) is 31.7 Å². The lowest BCUT2D eigenvalue weighted by Crippen LogP contribution is -2.09. The normalized spacial score (nSPS) is 11.4. The third-order valence-corrected chi connectivity index (χ3v) is 5.22. The SMILES string of the molecule is C=C(/C=C(\C)C(=N)c1nc2c(-c3cccnc3)cccc2[nH]1)c1cncc(NC(=O)CC)c1. The van der Waals surface area contributed by atoms with Crippen molar-refractivity contribution in [1.29, 1.82) is 5.41 Å². The fourth-order valence-electron chi connectivity index (χ4n) is 3.44. The molecule has 3 aromatic heterocycles. The van der Waals surface area contributed by atoms with Gasteiger partial charge in [-0.1, -0.05) is 31.7 Å². The fourth-order valence-corrected chi connectivity index (χ4v) is 3.44. The molecule has 4 rings (SSSR count). The van der Waals surface area contributed by atoms with Crippen LogP contribution in [0, 0.1) is 5.41 Å². The lowest BCUT2D eigenvalue weighted by Gasteiger charge is -2.07. The number of aromatic amines is 1. The van der Waals surface area contributed by atoms with Gasteiger partial charge in [0.25, 0.3) is 0 Å². The first kappa shape index (κ1) is 21.8. The number of pyridine rings is 2.